The normalized spacial score (nSPS) is 18.0. The predicted octanol–water partition coefficient (Wildman–Crippen LogP) is 2.35. The molecule has 1 aliphatic heterocycles. The van der Waals surface area contributed by atoms with Gasteiger partial charge in [0.15, 0.2) is 5.11 Å². The first-order valence-corrected chi connectivity index (χ1v) is 7.17. The number of furan rings is 1. The number of hydrogen-bond acceptors (Lipinski definition) is 4. The maximum Gasteiger partial charge on any atom is 0.266 e. The highest BCUT2D eigenvalue weighted by Gasteiger charge is 2.32. The molecule has 0 bridgehead atoms. The number of carbonyl (C=O) groups is 2. The molecule has 1 aromatic heterocycles. The van der Waals surface area contributed by atoms with E-state index in [0.717, 1.165) is 0 Å². The van der Waals surface area contributed by atoms with E-state index >= 15 is 0 Å². The van der Waals surface area contributed by atoms with Crippen molar-refractivity contribution in [1.29, 1.82) is 0 Å². The summed E-state index contributed by atoms with van der Waals surface area (Å²) < 4.78 is 5.37. The average molecular weight is 316 g/mol. The Morgan fingerprint density at radius 2 is 2.09 bits per heavy atom. The van der Waals surface area contributed by atoms with E-state index in [1.165, 1.54) is 11.0 Å². The molecule has 0 aromatic carbocycles. The van der Waals surface area contributed by atoms with Crippen molar-refractivity contribution in [2.24, 2.45) is 0 Å². The summed E-state index contributed by atoms with van der Waals surface area (Å²) in [5.74, 6) is 0.205. The number of aryl methyl sites for hydroxylation is 1. The number of amides is 2. The van der Waals surface area contributed by atoms with Crippen LogP contribution in [0.5, 0.6) is 0 Å². The third-order valence-electron chi connectivity index (χ3n) is 2.96. The fraction of sp³-hybridized carbons (Fsp3) is 0.188. The summed E-state index contributed by atoms with van der Waals surface area (Å²) in [6.45, 7) is 3.97. The lowest BCUT2D eigenvalue weighted by Crippen LogP contribution is -2.53. The number of allylic oxidation sites excluding steroid dienone is 3. The molecule has 0 spiro atoms. The SMILES string of the molecule is CC=CC=CCN1C(=O)C(=Cc2ccc(C)o2)C(=O)NC1=S. The second-order valence-corrected chi connectivity index (χ2v) is 5.02. The first-order valence-electron chi connectivity index (χ1n) is 6.76. The van der Waals surface area contributed by atoms with Gasteiger partial charge in [0.1, 0.15) is 17.1 Å². The minimum atomic E-state index is -0.516. The average Bonchev–Trinajstić information content (AvgIpc) is 2.88. The van der Waals surface area contributed by atoms with Gasteiger partial charge in [-0.15, -0.1) is 0 Å². The zero-order valence-corrected chi connectivity index (χ0v) is 13.1. The standard InChI is InChI=1S/C16H16N2O3S/c1-3-4-5-6-9-18-15(20)13(14(19)17-16(18)22)10-12-8-7-11(2)21-12/h3-8,10H,9H2,1-2H3,(H,17,19,22). The van der Waals surface area contributed by atoms with Crippen molar-refractivity contribution < 1.29 is 14.0 Å². The van der Waals surface area contributed by atoms with Crippen molar-refractivity contribution in [2.45, 2.75) is 13.8 Å². The smallest absolute Gasteiger partial charge is 0.266 e. The number of hydrogen-bond donors (Lipinski definition) is 1. The maximum absolute atomic E-state index is 12.4. The van der Waals surface area contributed by atoms with E-state index in [-0.39, 0.29) is 17.2 Å². The molecule has 22 heavy (non-hydrogen) atoms. The molecule has 1 fully saturated rings. The van der Waals surface area contributed by atoms with Gasteiger partial charge in [-0.25, -0.2) is 0 Å². The van der Waals surface area contributed by atoms with Gasteiger partial charge in [0.2, 0.25) is 0 Å². The lowest BCUT2D eigenvalue weighted by atomic mass is 10.1. The molecule has 1 aliphatic rings. The van der Waals surface area contributed by atoms with Crippen LogP contribution in [0.1, 0.15) is 18.4 Å². The number of carbonyl (C=O) groups excluding carboxylic acids is 2. The third-order valence-corrected chi connectivity index (χ3v) is 3.28. The van der Waals surface area contributed by atoms with E-state index in [9.17, 15) is 9.59 Å². The molecule has 2 rings (SSSR count). The Morgan fingerprint density at radius 1 is 1.32 bits per heavy atom. The van der Waals surface area contributed by atoms with Crippen LogP contribution in [-0.4, -0.2) is 28.4 Å². The van der Waals surface area contributed by atoms with Crippen molar-refractivity contribution in [3.63, 3.8) is 0 Å². The van der Waals surface area contributed by atoms with Crippen LogP contribution in [0.2, 0.25) is 0 Å². The first-order chi connectivity index (χ1) is 10.5. The number of nitrogens with one attached hydrogen (secondary N) is 1. The van der Waals surface area contributed by atoms with Gasteiger partial charge in [0, 0.05) is 6.54 Å². The van der Waals surface area contributed by atoms with Gasteiger partial charge in [-0.3, -0.25) is 19.8 Å². The summed E-state index contributed by atoms with van der Waals surface area (Å²) in [7, 11) is 0. The molecule has 6 heteroatoms. The predicted molar refractivity (Wildman–Crippen MR) is 87.8 cm³/mol. The number of thiocarbonyl (C=S) groups is 1. The molecule has 0 atom stereocenters. The highest BCUT2D eigenvalue weighted by molar-refractivity contribution is 7.80. The van der Waals surface area contributed by atoms with Crippen molar-refractivity contribution in [3.05, 3.63) is 53.5 Å². The van der Waals surface area contributed by atoms with E-state index in [4.69, 9.17) is 16.6 Å². The van der Waals surface area contributed by atoms with Crippen molar-refractivity contribution in [1.82, 2.24) is 10.2 Å². The molecule has 1 aromatic rings. The van der Waals surface area contributed by atoms with Crippen molar-refractivity contribution in [3.8, 4) is 0 Å². The lowest BCUT2D eigenvalue weighted by Gasteiger charge is -2.27. The van der Waals surface area contributed by atoms with Crippen LogP contribution < -0.4 is 5.32 Å². The zero-order valence-electron chi connectivity index (χ0n) is 12.3. The van der Waals surface area contributed by atoms with Crippen LogP contribution in [0.15, 0.2) is 46.4 Å². The van der Waals surface area contributed by atoms with Crippen LogP contribution in [-0.2, 0) is 9.59 Å². The Balaban J connectivity index is 2.23. The van der Waals surface area contributed by atoms with E-state index in [1.807, 2.05) is 25.2 Å². The van der Waals surface area contributed by atoms with Crippen molar-refractivity contribution in [2.75, 3.05) is 6.54 Å². The fourth-order valence-corrected chi connectivity index (χ4v) is 2.14. The van der Waals surface area contributed by atoms with Gasteiger partial charge >= 0.3 is 0 Å². The van der Waals surface area contributed by atoms with E-state index in [1.54, 1.807) is 25.1 Å². The molecule has 1 saturated heterocycles. The molecule has 0 saturated carbocycles. The second-order valence-electron chi connectivity index (χ2n) is 4.64. The number of nitrogens with zero attached hydrogens (tertiary/aromatic N) is 1. The van der Waals surface area contributed by atoms with E-state index in [2.05, 4.69) is 5.32 Å². The lowest BCUT2D eigenvalue weighted by molar-refractivity contribution is -0.128. The summed E-state index contributed by atoms with van der Waals surface area (Å²) in [4.78, 5) is 25.7. The Hall–Kier alpha value is -2.47. The minimum Gasteiger partial charge on any atom is -0.462 e. The van der Waals surface area contributed by atoms with E-state index in [0.29, 0.717) is 11.5 Å². The van der Waals surface area contributed by atoms with Crippen molar-refractivity contribution >= 4 is 35.2 Å². The Bertz CT molecular complexity index is 698. The molecule has 5 nitrogen and oxygen atoms in total. The third kappa shape index (κ3) is 3.59. The second kappa shape index (κ2) is 7.00. The molecular weight excluding hydrogens is 300 g/mol. The van der Waals surface area contributed by atoms with E-state index < -0.39 is 11.8 Å². The van der Waals surface area contributed by atoms with Gasteiger partial charge in [-0.1, -0.05) is 24.3 Å². The first kappa shape index (κ1) is 15.9. The Morgan fingerprint density at radius 3 is 2.73 bits per heavy atom. The van der Waals surface area contributed by atoms with Crippen LogP contribution in [0.4, 0.5) is 0 Å². The quantitative estimate of drug-likeness (QED) is 0.401. The highest BCUT2D eigenvalue weighted by atomic mass is 32.1. The summed E-state index contributed by atoms with van der Waals surface area (Å²) in [5, 5.41) is 2.62. The van der Waals surface area contributed by atoms with Crippen LogP contribution in [0.25, 0.3) is 6.08 Å². The molecule has 1 N–H and O–H groups in total. The minimum absolute atomic E-state index is 0.00221. The van der Waals surface area contributed by atoms with Crippen LogP contribution in [0.3, 0.4) is 0 Å². The molecule has 0 radical (unpaired) electrons. The van der Waals surface area contributed by atoms with Gasteiger partial charge < -0.3 is 4.42 Å². The Kier molecular flexibility index (Phi) is 5.06. The molecule has 114 valence electrons. The molecular formula is C16H16N2O3S. The number of rotatable bonds is 4. The maximum atomic E-state index is 12.4. The Labute approximate surface area is 134 Å². The fourth-order valence-electron chi connectivity index (χ4n) is 1.89. The van der Waals surface area contributed by atoms with Crippen LogP contribution in [0, 0.1) is 6.92 Å². The van der Waals surface area contributed by atoms with Crippen LogP contribution >= 0.6 is 12.2 Å². The summed E-state index contributed by atoms with van der Waals surface area (Å²) >= 11 is 5.05. The van der Waals surface area contributed by atoms with Gasteiger partial charge in [-0.2, -0.15) is 0 Å². The highest BCUT2D eigenvalue weighted by Crippen LogP contribution is 2.16. The molecule has 2 heterocycles. The van der Waals surface area contributed by atoms with Gasteiger partial charge in [0.05, 0.1) is 0 Å². The van der Waals surface area contributed by atoms with Gasteiger partial charge in [0.25, 0.3) is 11.8 Å². The topological polar surface area (TPSA) is 62.6 Å². The molecule has 0 aliphatic carbocycles. The monoisotopic (exact) mass is 316 g/mol. The molecule has 2 amide bonds. The van der Waals surface area contributed by atoms with Gasteiger partial charge in [-0.05, 0) is 44.3 Å². The largest absolute Gasteiger partial charge is 0.462 e. The summed E-state index contributed by atoms with van der Waals surface area (Å²) in [6.07, 6.45) is 8.74. The zero-order chi connectivity index (χ0) is 16.1. The molecule has 0 unspecified atom stereocenters. The summed E-state index contributed by atoms with van der Waals surface area (Å²) in [5.41, 5.74) is 0.00221. The summed E-state index contributed by atoms with van der Waals surface area (Å²) in [6, 6.07) is 3.46.